The number of carbonyl (C=O) groups excluding carboxylic acids is 2. The van der Waals surface area contributed by atoms with Gasteiger partial charge in [-0.2, -0.15) is 5.26 Å². The van der Waals surface area contributed by atoms with E-state index in [0.29, 0.717) is 0 Å². The first kappa shape index (κ1) is 19.1. The standard InChI is InChI=1S/C20H19FN2O3/c1-14-8-10-16(11-9-14)20(21,13-22)19(25)23-17(18(24)26-2)12-15-6-4-3-5-7-15/h3-11,17H,12H2,1-2H3,(H,23,25)/t17-,20+/m0/s1. The molecule has 6 heteroatoms. The van der Waals surface area contributed by atoms with Gasteiger partial charge < -0.3 is 10.1 Å². The molecule has 0 bridgehead atoms. The molecule has 2 aromatic carbocycles. The van der Waals surface area contributed by atoms with E-state index in [-0.39, 0.29) is 12.0 Å². The van der Waals surface area contributed by atoms with E-state index in [1.54, 1.807) is 36.4 Å². The highest BCUT2D eigenvalue weighted by Crippen LogP contribution is 2.26. The average molecular weight is 354 g/mol. The van der Waals surface area contributed by atoms with Gasteiger partial charge in [0.2, 0.25) is 0 Å². The van der Waals surface area contributed by atoms with Gasteiger partial charge in [0, 0.05) is 12.0 Å². The van der Waals surface area contributed by atoms with Gasteiger partial charge in [-0.05, 0) is 12.5 Å². The first-order valence-electron chi connectivity index (χ1n) is 8.00. The molecule has 2 aromatic rings. The maximum atomic E-state index is 15.1. The van der Waals surface area contributed by atoms with Crippen LogP contribution < -0.4 is 5.32 Å². The van der Waals surface area contributed by atoms with Crippen molar-refractivity contribution >= 4 is 11.9 Å². The Hall–Kier alpha value is -3.20. The third-order valence-corrected chi connectivity index (χ3v) is 3.99. The number of methoxy groups -OCH3 is 1. The highest BCUT2D eigenvalue weighted by Gasteiger charge is 2.42. The number of alkyl halides is 1. The second-order valence-corrected chi connectivity index (χ2v) is 5.88. The molecule has 0 spiro atoms. The summed E-state index contributed by atoms with van der Waals surface area (Å²) >= 11 is 0. The maximum Gasteiger partial charge on any atom is 0.328 e. The lowest BCUT2D eigenvalue weighted by Gasteiger charge is -2.22. The maximum absolute atomic E-state index is 15.1. The molecule has 0 radical (unpaired) electrons. The number of amides is 1. The first-order valence-corrected chi connectivity index (χ1v) is 8.00. The fourth-order valence-electron chi connectivity index (χ4n) is 2.47. The molecule has 0 aliphatic carbocycles. The zero-order valence-electron chi connectivity index (χ0n) is 14.5. The summed E-state index contributed by atoms with van der Waals surface area (Å²) in [5.41, 5.74) is -1.37. The lowest BCUT2D eigenvalue weighted by Crippen LogP contribution is -2.49. The van der Waals surface area contributed by atoms with Gasteiger partial charge in [0.1, 0.15) is 12.1 Å². The number of carbonyl (C=O) groups is 2. The monoisotopic (exact) mass is 354 g/mol. The SMILES string of the molecule is COC(=O)[C@H](Cc1ccccc1)NC(=O)[C@@](F)(C#N)c1ccc(C)cc1. The molecule has 134 valence electrons. The lowest BCUT2D eigenvalue weighted by molar-refractivity contribution is -0.146. The Morgan fingerprint density at radius 3 is 2.35 bits per heavy atom. The van der Waals surface area contributed by atoms with Crippen LogP contribution in [0.2, 0.25) is 0 Å². The van der Waals surface area contributed by atoms with Crippen molar-refractivity contribution in [2.45, 2.75) is 25.1 Å². The second-order valence-electron chi connectivity index (χ2n) is 5.88. The van der Waals surface area contributed by atoms with Crippen molar-refractivity contribution in [1.29, 1.82) is 5.26 Å². The van der Waals surface area contributed by atoms with E-state index in [9.17, 15) is 14.9 Å². The van der Waals surface area contributed by atoms with Crippen LogP contribution >= 0.6 is 0 Å². The Morgan fingerprint density at radius 1 is 1.19 bits per heavy atom. The number of esters is 1. The molecule has 0 unspecified atom stereocenters. The topological polar surface area (TPSA) is 79.2 Å². The largest absolute Gasteiger partial charge is 0.467 e. The van der Waals surface area contributed by atoms with E-state index in [0.717, 1.165) is 11.1 Å². The molecule has 0 aliphatic heterocycles. The third kappa shape index (κ3) is 4.25. The van der Waals surface area contributed by atoms with Gasteiger partial charge in [-0.1, -0.05) is 60.2 Å². The zero-order chi connectivity index (χ0) is 19.2. The molecular formula is C20H19FN2O3. The molecule has 0 saturated carbocycles. The summed E-state index contributed by atoms with van der Waals surface area (Å²) in [4.78, 5) is 24.5. The number of aryl methyl sites for hydroxylation is 1. The molecule has 0 aliphatic rings. The first-order chi connectivity index (χ1) is 12.4. The number of nitrogens with one attached hydrogen (secondary N) is 1. The van der Waals surface area contributed by atoms with E-state index >= 15 is 4.39 Å². The summed E-state index contributed by atoms with van der Waals surface area (Å²) in [5.74, 6) is -1.92. The van der Waals surface area contributed by atoms with Crippen LogP contribution in [0.3, 0.4) is 0 Å². The Morgan fingerprint density at radius 2 is 1.81 bits per heavy atom. The Labute approximate surface area is 151 Å². The molecular weight excluding hydrogens is 335 g/mol. The summed E-state index contributed by atoms with van der Waals surface area (Å²) in [6, 6.07) is 15.2. The summed E-state index contributed by atoms with van der Waals surface area (Å²) in [7, 11) is 1.18. The second kappa shape index (κ2) is 8.26. The molecule has 0 saturated heterocycles. The summed E-state index contributed by atoms with van der Waals surface area (Å²) in [6.07, 6.45) is 0.120. The number of rotatable bonds is 6. The molecule has 0 fully saturated rings. The molecule has 2 rings (SSSR count). The molecule has 1 N–H and O–H groups in total. The molecule has 0 heterocycles. The lowest BCUT2D eigenvalue weighted by atomic mass is 9.94. The predicted octanol–water partition coefficient (Wildman–Crippen LogP) is 2.58. The van der Waals surface area contributed by atoms with Crippen molar-refractivity contribution < 1.29 is 18.7 Å². The van der Waals surface area contributed by atoms with E-state index in [1.165, 1.54) is 25.3 Å². The van der Waals surface area contributed by atoms with Gasteiger partial charge in [-0.25, -0.2) is 9.18 Å². The minimum absolute atomic E-state index is 0.0913. The number of halogens is 1. The highest BCUT2D eigenvalue weighted by atomic mass is 19.1. The van der Waals surface area contributed by atoms with Gasteiger partial charge in [0.05, 0.1) is 7.11 Å². The van der Waals surface area contributed by atoms with E-state index in [4.69, 9.17) is 4.74 Å². The minimum atomic E-state index is -2.91. The fourth-order valence-corrected chi connectivity index (χ4v) is 2.47. The minimum Gasteiger partial charge on any atom is -0.467 e. The van der Waals surface area contributed by atoms with Crippen LogP contribution in [0.25, 0.3) is 0 Å². The Kier molecular flexibility index (Phi) is 6.07. The van der Waals surface area contributed by atoms with Crippen LogP contribution in [0.5, 0.6) is 0 Å². The van der Waals surface area contributed by atoms with Gasteiger partial charge in [0.15, 0.2) is 0 Å². The summed E-state index contributed by atoms with van der Waals surface area (Å²) in [5, 5.41) is 11.6. The quantitative estimate of drug-likeness (QED) is 0.809. The van der Waals surface area contributed by atoms with Crippen LogP contribution in [-0.2, 0) is 26.4 Å². The molecule has 26 heavy (non-hydrogen) atoms. The van der Waals surface area contributed by atoms with Crippen LogP contribution in [-0.4, -0.2) is 25.0 Å². The molecule has 1 amide bonds. The third-order valence-electron chi connectivity index (χ3n) is 3.99. The van der Waals surface area contributed by atoms with Crippen molar-refractivity contribution in [2.24, 2.45) is 0 Å². The number of nitrogens with zero attached hydrogens (tertiary/aromatic N) is 1. The van der Waals surface area contributed by atoms with Gasteiger partial charge in [-0.3, -0.25) is 4.79 Å². The predicted molar refractivity (Wildman–Crippen MR) is 93.7 cm³/mol. The number of hydrogen-bond donors (Lipinski definition) is 1. The zero-order valence-corrected chi connectivity index (χ0v) is 14.5. The smallest absolute Gasteiger partial charge is 0.328 e. The van der Waals surface area contributed by atoms with Gasteiger partial charge in [-0.15, -0.1) is 0 Å². The van der Waals surface area contributed by atoms with Crippen molar-refractivity contribution in [1.82, 2.24) is 5.32 Å². The molecule has 0 aromatic heterocycles. The van der Waals surface area contributed by atoms with Crippen LogP contribution in [0.4, 0.5) is 4.39 Å². The highest BCUT2D eigenvalue weighted by molar-refractivity contribution is 5.93. The van der Waals surface area contributed by atoms with Crippen molar-refractivity contribution in [3.8, 4) is 6.07 Å². The number of ether oxygens (including phenoxy) is 1. The Balaban J connectivity index is 2.25. The van der Waals surface area contributed by atoms with Crippen LogP contribution in [0, 0.1) is 18.3 Å². The van der Waals surface area contributed by atoms with Crippen molar-refractivity contribution in [3.63, 3.8) is 0 Å². The normalized spacial score (nSPS) is 13.8. The fraction of sp³-hybridized carbons (Fsp3) is 0.250. The van der Waals surface area contributed by atoms with Gasteiger partial charge in [0.25, 0.3) is 11.6 Å². The molecule has 2 atom stereocenters. The summed E-state index contributed by atoms with van der Waals surface area (Å²) < 4.78 is 19.8. The van der Waals surface area contributed by atoms with Crippen molar-refractivity contribution in [2.75, 3.05) is 7.11 Å². The van der Waals surface area contributed by atoms with Crippen LogP contribution in [0.1, 0.15) is 16.7 Å². The van der Waals surface area contributed by atoms with Crippen molar-refractivity contribution in [3.05, 3.63) is 71.3 Å². The Bertz CT molecular complexity index is 815. The van der Waals surface area contributed by atoms with Gasteiger partial charge >= 0.3 is 5.97 Å². The van der Waals surface area contributed by atoms with Crippen LogP contribution in [0.15, 0.2) is 54.6 Å². The summed E-state index contributed by atoms with van der Waals surface area (Å²) in [6.45, 7) is 1.81. The van der Waals surface area contributed by atoms with E-state index in [2.05, 4.69) is 5.32 Å². The number of hydrogen-bond acceptors (Lipinski definition) is 4. The van der Waals surface area contributed by atoms with E-state index in [1.807, 2.05) is 13.0 Å². The van der Waals surface area contributed by atoms with E-state index < -0.39 is 23.6 Å². The number of nitriles is 1. The number of benzene rings is 2. The molecule has 5 nitrogen and oxygen atoms in total. The average Bonchev–Trinajstić information content (AvgIpc) is 2.67.